The Bertz CT molecular complexity index is 1090. The van der Waals surface area contributed by atoms with Crippen molar-refractivity contribution in [3.05, 3.63) is 53.6 Å². The lowest BCUT2D eigenvalue weighted by Crippen LogP contribution is -2.44. The van der Waals surface area contributed by atoms with Crippen molar-refractivity contribution in [1.29, 1.82) is 0 Å². The summed E-state index contributed by atoms with van der Waals surface area (Å²) < 4.78 is 49.1. The lowest BCUT2D eigenvalue weighted by atomic mass is 10.0. The van der Waals surface area contributed by atoms with Crippen molar-refractivity contribution in [2.75, 3.05) is 26.8 Å². The highest BCUT2D eigenvalue weighted by Gasteiger charge is 2.30. The number of hydrogen-bond donors (Lipinski definition) is 0. The van der Waals surface area contributed by atoms with Gasteiger partial charge in [0.05, 0.1) is 28.1 Å². The van der Waals surface area contributed by atoms with Gasteiger partial charge >= 0.3 is 6.18 Å². The average Bonchev–Trinajstić information content (AvgIpc) is 3.15. The molecule has 2 aromatic carbocycles. The first-order valence-electron chi connectivity index (χ1n) is 10.00. The zero-order chi connectivity index (χ0) is 22.6. The molecule has 0 spiro atoms. The number of alkyl halides is 3. The molecule has 0 aliphatic rings. The van der Waals surface area contributed by atoms with Gasteiger partial charge in [0, 0.05) is 30.2 Å². The maximum atomic E-state index is 12.8. The molecule has 31 heavy (non-hydrogen) atoms. The van der Waals surface area contributed by atoms with Crippen molar-refractivity contribution in [1.82, 2.24) is 9.27 Å². The van der Waals surface area contributed by atoms with Gasteiger partial charge in [0.2, 0.25) is 0 Å². The second-order valence-electron chi connectivity index (χ2n) is 7.70. The summed E-state index contributed by atoms with van der Waals surface area (Å²) in [6.07, 6.45) is -4.35. The molecular formula is C24H25F3N2OS. The van der Waals surface area contributed by atoms with E-state index in [2.05, 4.69) is 41.9 Å². The van der Waals surface area contributed by atoms with Crippen molar-refractivity contribution in [2.45, 2.75) is 32.5 Å². The van der Waals surface area contributed by atoms with Crippen LogP contribution in [0.2, 0.25) is 0 Å². The van der Waals surface area contributed by atoms with Gasteiger partial charge in [0.15, 0.2) is 0 Å². The van der Waals surface area contributed by atoms with E-state index >= 15 is 0 Å². The van der Waals surface area contributed by atoms with Crippen LogP contribution in [0.25, 0.3) is 21.3 Å². The molecular weight excluding hydrogens is 421 g/mol. The molecule has 3 aromatic rings. The third-order valence-corrected chi connectivity index (χ3v) is 6.02. The molecule has 3 rings (SSSR count). The number of methoxy groups -OCH3 is 1. The molecule has 0 unspecified atom stereocenters. The molecule has 0 radical (unpaired) electrons. The maximum Gasteiger partial charge on any atom is 0.416 e. The Morgan fingerprint density at radius 3 is 2.42 bits per heavy atom. The summed E-state index contributed by atoms with van der Waals surface area (Å²) in [5.74, 6) is 6.62. The van der Waals surface area contributed by atoms with Gasteiger partial charge in [-0.2, -0.15) is 17.5 Å². The van der Waals surface area contributed by atoms with Crippen LogP contribution in [0.15, 0.2) is 42.5 Å². The van der Waals surface area contributed by atoms with E-state index in [1.54, 1.807) is 7.11 Å². The second-order valence-corrected chi connectivity index (χ2v) is 8.50. The summed E-state index contributed by atoms with van der Waals surface area (Å²) in [4.78, 5) is 2.26. The largest absolute Gasteiger partial charge is 0.416 e. The maximum absolute atomic E-state index is 12.8. The Hall–Kier alpha value is -2.40. The fourth-order valence-electron chi connectivity index (χ4n) is 3.38. The molecule has 0 fully saturated rings. The molecule has 0 saturated heterocycles. The predicted octanol–water partition coefficient (Wildman–Crippen LogP) is 6.08. The zero-order valence-electron chi connectivity index (χ0n) is 18.0. The molecule has 0 atom stereocenters. The van der Waals surface area contributed by atoms with Crippen molar-refractivity contribution < 1.29 is 17.9 Å². The summed E-state index contributed by atoms with van der Waals surface area (Å²) >= 11 is 1.32. The van der Waals surface area contributed by atoms with E-state index in [9.17, 15) is 13.2 Å². The number of rotatable bonds is 6. The van der Waals surface area contributed by atoms with Crippen LogP contribution >= 0.6 is 11.5 Å². The normalized spacial score (nSPS) is 12.3. The highest BCUT2D eigenvalue weighted by Crippen LogP contribution is 2.34. The Kier molecular flexibility index (Phi) is 7.05. The van der Waals surface area contributed by atoms with Gasteiger partial charge in [-0.3, -0.25) is 4.90 Å². The Morgan fingerprint density at radius 2 is 1.81 bits per heavy atom. The van der Waals surface area contributed by atoms with Gasteiger partial charge in [-0.25, -0.2) is 0 Å². The monoisotopic (exact) mass is 446 g/mol. The average molecular weight is 447 g/mol. The van der Waals surface area contributed by atoms with E-state index in [-0.39, 0.29) is 5.54 Å². The molecule has 7 heteroatoms. The van der Waals surface area contributed by atoms with Crippen LogP contribution in [-0.4, -0.2) is 41.6 Å². The summed E-state index contributed by atoms with van der Waals surface area (Å²) in [7, 11) is 1.69. The van der Waals surface area contributed by atoms with Gasteiger partial charge in [-0.1, -0.05) is 37.0 Å². The third-order valence-electron chi connectivity index (χ3n) is 5.21. The second kappa shape index (κ2) is 9.39. The molecule has 1 aromatic heterocycles. The van der Waals surface area contributed by atoms with E-state index in [0.717, 1.165) is 40.9 Å². The van der Waals surface area contributed by atoms with Crippen molar-refractivity contribution in [2.24, 2.45) is 0 Å². The first-order chi connectivity index (χ1) is 14.7. The van der Waals surface area contributed by atoms with Crippen LogP contribution in [0, 0.1) is 11.8 Å². The number of halogens is 3. The third kappa shape index (κ3) is 5.45. The highest BCUT2D eigenvalue weighted by molar-refractivity contribution is 7.13. The summed E-state index contributed by atoms with van der Waals surface area (Å²) in [5.41, 5.74) is 1.26. The minimum absolute atomic E-state index is 0.304. The molecule has 1 heterocycles. The van der Waals surface area contributed by atoms with E-state index in [1.165, 1.54) is 23.7 Å². The van der Waals surface area contributed by atoms with Gasteiger partial charge in [-0.15, -0.1) is 0 Å². The Balaban J connectivity index is 1.85. The fourth-order valence-corrected chi connectivity index (χ4v) is 4.22. The predicted molar refractivity (Wildman–Crippen MR) is 120 cm³/mol. The van der Waals surface area contributed by atoms with E-state index in [0.29, 0.717) is 17.9 Å². The van der Waals surface area contributed by atoms with E-state index in [4.69, 9.17) is 4.74 Å². The molecule has 0 aliphatic carbocycles. The molecule has 0 N–H and O–H groups in total. The van der Waals surface area contributed by atoms with Crippen LogP contribution in [0.3, 0.4) is 0 Å². The molecule has 0 amide bonds. The van der Waals surface area contributed by atoms with Crippen molar-refractivity contribution in [3.63, 3.8) is 0 Å². The molecule has 0 saturated carbocycles. The number of fused-ring (bicyclic) bond motifs is 1. The van der Waals surface area contributed by atoms with Crippen LogP contribution in [0.4, 0.5) is 13.2 Å². The first-order valence-corrected chi connectivity index (χ1v) is 10.8. The first kappa shape index (κ1) is 23.3. The van der Waals surface area contributed by atoms with Crippen LogP contribution in [0.1, 0.15) is 31.9 Å². The van der Waals surface area contributed by atoms with Crippen LogP contribution in [-0.2, 0) is 10.9 Å². The number of likely N-dealkylation sites (N-methyl/N-ethyl adjacent to an activating group) is 1. The molecule has 0 aliphatic heterocycles. The molecule has 164 valence electrons. The summed E-state index contributed by atoms with van der Waals surface area (Å²) in [5, 5.41) is 0.907. The van der Waals surface area contributed by atoms with E-state index < -0.39 is 11.7 Å². The molecule has 0 bridgehead atoms. The Morgan fingerprint density at radius 1 is 1.10 bits per heavy atom. The van der Waals surface area contributed by atoms with Crippen molar-refractivity contribution in [3.8, 4) is 23.1 Å². The molecule has 3 nitrogen and oxygen atoms in total. The number of ether oxygens (including phenoxy) is 1. The lowest BCUT2D eigenvalue weighted by molar-refractivity contribution is -0.137. The smallest absolute Gasteiger partial charge is 0.383 e. The number of hydrogen-bond acceptors (Lipinski definition) is 4. The van der Waals surface area contributed by atoms with Gasteiger partial charge < -0.3 is 4.74 Å². The number of benzene rings is 2. The minimum atomic E-state index is -4.35. The zero-order valence-corrected chi connectivity index (χ0v) is 18.8. The highest BCUT2D eigenvalue weighted by atomic mass is 32.1. The standard InChI is InChI=1S/C24H25F3N2OS/c1-5-29(14-15-30-4)23(2,3)13-12-17-6-11-20-21(16-17)31-28-22(20)18-7-9-19(10-8-18)24(25,26)27/h6-11,16H,5,14-15H2,1-4H3. The van der Waals surface area contributed by atoms with Crippen molar-refractivity contribution >= 4 is 21.6 Å². The lowest BCUT2D eigenvalue weighted by Gasteiger charge is -2.33. The Labute approximate surface area is 185 Å². The van der Waals surface area contributed by atoms with Crippen LogP contribution in [0.5, 0.6) is 0 Å². The number of aromatic nitrogens is 1. The minimum Gasteiger partial charge on any atom is -0.383 e. The van der Waals surface area contributed by atoms with Gasteiger partial charge in [-0.05, 0) is 56.2 Å². The quantitative estimate of drug-likeness (QED) is 0.429. The van der Waals surface area contributed by atoms with Gasteiger partial charge in [0.25, 0.3) is 0 Å². The van der Waals surface area contributed by atoms with E-state index in [1.807, 2.05) is 18.2 Å². The fraction of sp³-hybridized carbons (Fsp3) is 0.375. The van der Waals surface area contributed by atoms with Gasteiger partial charge in [0.1, 0.15) is 0 Å². The summed E-state index contributed by atoms with van der Waals surface area (Å²) in [6.45, 7) is 8.61. The van der Waals surface area contributed by atoms with Crippen LogP contribution < -0.4 is 0 Å². The SMILES string of the molecule is CCN(CCOC)C(C)(C)C#Cc1ccc2c(-c3ccc(C(F)(F)F)cc3)nsc2c1. The topological polar surface area (TPSA) is 25.4 Å². The summed E-state index contributed by atoms with van der Waals surface area (Å²) in [6, 6.07) is 11.0. The number of nitrogens with zero attached hydrogens (tertiary/aromatic N) is 2.